The fraction of sp³-hybridized carbons (Fsp3) is 0.174. The molecule has 2 heterocycles. The van der Waals surface area contributed by atoms with Gasteiger partial charge in [0.05, 0.1) is 24.8 Å². The minimum Gasteiger partial charge on any atom is -0.497 e. The zero-order chi connectivity index (χ0) is 24.1. The highest BCUT2D eigenvalue weighted by atomic mass is 32.2. The third-order valence-corrected chi connectivity index (χ3v) is 5.62. The van der Waals surface area contributed by atoms with Crippen LogP contribution in [-0.4, -0.2) is 40.1 Å². The molecule has 0 saturated carbocycles. The molecule has 2 aromatic heterocycles. The third kappa shape index (κ3) is 5.54. The third-order valence-electron chi connectivity index (χ3n) is 4.66. The van der Waals surface area contributed by atoms with Gasteiger partial charge in [-0.05, 0) is 55.5 Å². The van der Waals surface area contributed by atoms with Crippen molar-refractivity contribution < 1.29 is 27.6 Å². The minimum absolute atomic E-state index is 0.0429. The summed E-state index contributed by atoms with van der Waals surface area (Å²) in [5.41, 5.74) is 2.27. The summed E-state index contributed by atoms with van der Waals surface area (Å²) < 4.78 is 41.6. The first-order valence-corrected chi connectivity index (χ1v) is 11.0. The summed E-state index contributed by atoms with van der Waals surface area (Å²) in [5, 5.41) is 6.96. The van der Waals surface area contributed by atoms with E-state index in [0.717, 1.165) is 11.3 Å². The fourth-order valence-corrected chi connectivity index (χ4v) is 3.96. The van der Waals surface area contributed by atoms with Gasteiger partial charge >= 0.3 is 6.61 Å². The van der Waals surface area contributed by atoms with Gasteiger partial charge < -0.3 is 19.3 Å². The summed E-state index contributed by atoms with van der Waals surface area (Å²) >= 11 is 1.22. The Morgan fingerprint density at radius 2 is 1.85 bits per heavy atom. The molecule has 0 spiro atoms. The van der Waals surface area contributed by atoms with E-state index in [1.54, 1.807) is 38.4 Å². The monoisotopic (exact) mass is 486 g/mol. The first kappa shape index (κ1) is 23.3. The Kier molecular flexibility index (Phi) is 7.12. The summed E-state index contributed by atoms with van der Waals surface area (Å²) in [6, 6.07) is 15.2. The van der Waals surface area contributed by atoms with Crippen LogP contribution in [0.2, 0.25) is 0 Å². The molecule has 4 aromatic rings. The maximum Gasteiger partial charge on any atom is 0.387 e. The Balaban J connectivity index is 1.61. The fourth-order valence-electron chi connectivity index (χ4n) is 3.16. The van der Waals surface area contributed by atoms with Gasteiger partial charge in [0.15, 0.2) is 11.0 Å². The summed E-state index contributed by atoms with van der Waals surface area (Å²) in [6.07, 6.45) is 1.69. The second-order valence-electron chi connectivity index (χ2n) is 7.02. The minimum atomic E-state index is -2.91. The number of amides is 1. The van der Waals surface area contributed by atoms with Crippen LogP contribution in [-0.2, 0) is 4.79 Å². The molecule has 34 heavy (non-hydrogen) atoms. The number of methoxy groups -OCH3 is 1. The van der Waals surface area contributed by atoms with E-state index in [0.29, 0.717) is 28.2 Å². The molecule has 0 atom stereocenters. The molecular weight excluding hydrogens is 466 g/mol. The molecule has 1 N–H and O–H groups in total. The number of nitrogens with one attached hydrogen (secondary N) is 1. The van der Waals surface area contributed by atoms with E-state index >= 15 is 0 Å². The topological polar surface area (TPSA) is 91.4 Å². The number of carbonyl (C=O) groups is 1. The Labute approximate surface area is 197 Å². The van der Waals surface area contributed by atoms with Crippen molar-refractivity contribution in [2.45, 2.75) is 18.7 Å². The Morgan fingerprint density at radius 3 is 2.47 bits per heavy atom. The molecule has 0 saturated heterocycles. The number of nitrogens with zero attached hydrogens (tertiary/aromatic N) is 3. The number of rotatable bonds is 9. The van der Waals surface area contributed by atoms with Crippen LogP contribution in [0.3, 0.4) is 0 Å². The Hall–Kier alpha value is -3.86. The number of aryl methyl sites for hydroxylation is 1. The van der Waals surface area contributed by atoms with Crippen LogP contribution >= 0.6 is 11.8 Å². The molecular formula is C23H20F2N4O4S. The number of imidazole rings is 1. The van der Waals surface area contributed by atoms with Crippen LogP contribution in [0.15, 0.2) is 70.5 Å². The summed E-state index contributed by atoms with van der Waals surface area (Å²) in [4.78, 5) is 16.9. The molecule has 1 amide bonds. The molecule has 0 aliphatic carbocycles. The van der Waals surface area contributed by atoms with Crippen LogP contribution in [0.4, 0.5) is 14.6 Å². The van der Waals surface area contributed by atoms with Gasteiger partial charge in [-0.25, -0.2) is 4.98 Å². The molecule has 0 unspecified atom stereocenters. The van der Waals surface area contributed by atoms with Crippen molar-refractivity contribution in [1.82, 2.24) is 14.7 Å². The van der Waals surface area contributed by atoms with Gasteiger partial charge in [-0.3, -0.25) is 9.36 Å². The Morgan fingerprint density at radius 1 is 1.15 bits per heavy atom. The van der Waals surface area contributed by atoms with E-state index in [9.17, 15) is 13.6 Å². The number of halogens is 2. The molecule has 8 nitrogen and oxygen atoms in total. The van der Waals surface area contributed by atoms with Crippen LogP contribution in [0.1, 0.15) is 5.76 Å². The number of anilines is 1. The van der Waals surface area contributed by atoms with Gasteiger partial charge in [-0.2, -0.15) is 8.78 Å². The van der Waals surface area contributed by atoms with Crippen LogP contribution in [0.25, 0.3) is 16.9 Å². The van der Waals surface area contributed by atoms with Crippen LogP contribution < -0.4 is 14.8 Å². The zero-order valence-electron chi connectivity index (χ0n) is 18.2. The maximum absolute atomic E-state index is 12.5. The first-order valence-electron chi connectivity index (χ1n) is 10.1. The lowest BCUT2D eigenvalue weighted by Crippen LogP contribution is -2.14. The standard InChI is InChI=1S/C23H20F2N4O4S/c1-14-11-20(28-33-14)27-21(30)13-34-23-26-12-19(15-3-7-17(31-2)8-4-15)29(23)16-5-9-18(10-6-16)32-22(24)25/h3-12,22H,13H2,1-2H3,(H,27,28,30). The number of benzene rings is 2. The number of ether oxygens (including phenoxy) is 2. The molecule has 2 aromatic carbocycles. The summed E-state index contributed by atoms with van der Waals surface area (Å²) in [7, 11) is 1.59. The smallest absolute Gasteiger partial charge is 0.387 e. The van der Waals surface area contributed by atoms with Gasteiger partial charge in [0.25, 0.3) is 0 Å². The molecule has 11 heteroatoms. The van der Waals surface area contributed by atoms with Gasteiger partial charge in [-0.15, -0.1) is 0 Å². The van der Waals surface area contributed by atoms with E-state index < -0.39 is 6.61 Å². The quantitative estimate of drug-likeness (QED) is 0.326. The second-order valence-corrected chi connectivity index (χ2v) is 7.96. The average molecular weight is 487 g/mol. The molecule has 0 aliphatic rings. The molecule has 0 radical (unpaired) electrons. The first-order chi connectivity index (χ1) is 16.4. The number of hydrogen-bond acceptors (Lipinski definition) is 7. The van der Waals surface area contributed by atoms with E-state index in [-0.39, 0.29) is 17.4 Å². The molecule has 176 valence electrons. The SMILES string of the molecule is COc1ccc(-c2cnc(SCC(=O)Nc3cc(C)on3)n2-c2ccc(OC(F)F)cc2)cc1. The zero-order valence-corrected chi connectivity index (χ0v) is 19.0. The normalized spacial score (nSPS) is 11.0. The van der Waals surface area contributed by atoms with Gasteiger partial charge in [0, 0.05) is 17.3 Å². The Bertz CT molecular complexity index is 1260. The lowest BCUT2D eigenvalue weighted by molar-refractivity contribution is -0.113. The van der Waals surface area contributed by atoms with Crippen molar-refractivity contribution in [1.29, 1.82) is 0 Å². The van der Waals surface area contributed by atoms with Crippen molar-refractivity contribution >= 4 is 23.5 Å². The van der Waals surface area contributed by atoms with Crippen molar-refractivity contribution in [3.63, 3.8) is 0 Å². The van der Waals surface area contributed by atoms with Gasteiger partial charge in [0.2, 0.25) is 5.91 Å². The van der Waals surface area contributed by atoms with E-state index in [4.69, 9.17) is 9.26 Å². The van der Waals surface area contributed by atoms with Gasteiger partial charge in [-0.1, -0.05) is 16.9 Å². The van der Waals surface area contributed by atoms with E-state index in [1.807, 2.05) is 28.8 Å². The van der Waals surface area contributed by atoms with Crippen molar-refractivity contribution in [2.75, 3.05) is 18.2 Å². The van der Waals surface area contributed by atoms with Crippen molar-refractivity contribution in [3.05, 3.63) is 66.6 Å². The number of thioether (sulfide) groups is 1. The lowest BCUT2D eigenvalue weighted by Gasteiger charge is -2.13. The highest BCUT2D eigenvalue weighted by Crippen LogP contribution is 2.31. The van der Waals surface area contributed by atoms with Crippen molar-refractivity contribution in [3.8, 4) is 28.4 Å². The van der Waals surface area contributed by atoms with Gasteiger partial charge in [0.1, 0.15) is 17.3 Å². The number of carbonyl (C=O) groups excluding carboxylic acids is 1. The van der Waals surface area contributed by atoms with Crippen LogP contribution in [0, 0.1) is 6.92 Å². The van der Waals surface area contributed by atoms with Crippen molar-refractivity contribution in [2.24, 2.45) is 0 Å². The highest BCUT2D eigenvalue weighted by Gasteiger charge is 2.17. The summed E-state index contributed by atoms with van der Waals surface area (Å²) in [5.74, 6) is 1.46. The molecule has 0 aliphatic heterocycles. The molecule has 0 fully saturated rings. The largest absolute Gasteiger partial charge is 0.497 e. The number of hydrogen-bond donors (Lipinski definition) is 1. The predicted octanol–water partition coefficient (Wildman–Crippen LogP) is 5.18. The number of aromatic nitrogens is 3. The number of alkyl halides is 2. The lowest BCUT2D eigenvalue weighted by atomic mass is 10.1. The second kappa shape index (κ2) is 10.4. The summed E-state index contributed by atoms with van der Waals surface area (Å²) in [6.45, 7) is -1.18. The van der Waals surface area contributed by atoms with E-state index in [2.05, 4.69) is 20.2 Å². The van der Waals surface area contributed by atoms with E-state index in [1.165, 1.54) is 23.9 Å². The molecule has 4 rings (SSSR count). The van der Waals surface area contributed by atoms with Crippen LogP contribution in [0.5, 0.6) is 11.5 Å². The predicted molar refractivity (Wildman–Crippen MR) is 123 cm³/mol. The highest BCUT2D eigenvalue weighted by molar-refractivity contribution is 7.99. The maximum atomic E-state index is 12.5. The molecule has 0 bridgehead atoms. The average Bonchev–Trinajstić information content (AvgIpc) is 3.44.